The van der Waals surface area contributed by atoms with Crippen LogP contribution in [0.2, 0.25) is 0 Å². The van der Waals surface area contributed by atoms with Gasteiger partial charge in [-0.3, -0.25) is 4.99 Å². The fourth-order valence-electron chi connectivity index (χ4n) is 3.50. The molecule has 0 bridgehead atoms. The molecule has 1 saturated heterocycles. The Morgan fingerprint density at radius 3 is 2.90 bits per heavy atom. The summed E-state index contributed by atoms with van der Waals surface area (Å²) in [5, 5.41) is 3.45. The van der Waals surface area contributed by atoms with E-state index in [0.29, 0.717) is 13.1 Å². The van der Waals surface area contributed by atoms with Gasteiger partial charge in [-0.1, -0.05) is 18.2 Å². The lowest BCUT2D eigenvalue weighted by molar-refractivity contribution is 0.0529. The van der Waals surface area contributed by atoms with Crippen molar-refractivity contribution in [3.8, 4) is 5.75 Å². The number of ether oxygens (including phenoxy) is 2. The highest BCUT2D eigenvalue weighted by atomic mass is 127. The number of anilines is 1. The number of nitrogens with zero attached hydrogens (tertiary/aromatic N) is 4. The number of benzene rings is 1. The highest BCUT2D eigenvalue weighted by Gasteiger charge is 2.18. The smallest absolute Gasteiger partial charge is 0.193 e. The third kappa shape index (κ3) is 6.46. The molecule has 2 heterocycles. The van der Waals surface area contributed by atoms with E-state index in [4.69, 9.17) is 9.47 Å². The van der Waals surface area contributed by atoms with Crippen LogP contribution in [0, 0.1) is 0 Å². The van der Waals surface area contributed by atoms with Gasteiger partial charge < -0.3 is 24.6 Å². The zero-order valence-electron chi connectivity index (χ0n) is 18.2. The number of pyridine rings is 1. The van der Waals surface area contributed by atoms with E-state index in [9.17, 15) is 0 Å². The maximum atomic E-state index is 5.63. The van der Waals surface area contributed by atoms with E-state index < -0.39 is 0 Å². The quantitative estimate of drug-likeness (QED) is 0.356. The molecule has 0 saturated carbocycles. The second kappa shape index (κ2) is 11.9. The fourth-order valence-corrected chi connectivity index (χ4v) is 3.50. The summed E-state index contributed by atoms with van der Waals surface area (Å²) in [7, 11) is 5.52. The molecule has 30 heavy (non-hydrogen) atoms. The third-order valence-corrected chi connectivity index (χ3v) is 5.00. The summed E-state index contributed by atoms with van der Waals surface area (Å²) in [5.41, 5.74) is 2.29. The Labute approximate surface area is 196 Å². The fraction of sp³-hybridized carbons (Fsp3) is 0.455. The van der Waals surface area contributed by atoms with Gasteiger partial charge in [-0.25, -0.2) is 4.98 Å². The highest BCUT2D eigenvalue weighted by molar-refractivity contribution is 14.0. The predicted octanol–water partition coefficient (Wildman–Crippen LogP) is 3.14. The molecule has 0 aliphatic carbocycles. The van der Waals surface area contributed by atoms with Crippen molar-refractivity contribution < 1.29 is 9.47 Å². The van der Waals surface area contributed by atoms with Gasteiger partial charge in [-0.2, -0.15) is 0 Å². The normalized spacial score (nSPS) is 16.6. The average Bonchev–Trinajstić information content (AvgIpc) is 2.75. The van der Waals surface area contributed by atoms with Gasteiger partial charge in [0.25, 0.3) is 0 Å². The standard InChI is InChI=1S/C22H31N5O2.HI/c1-17-15-27(11-12-29-17)21-13-18(9-10-24-21)14-25-22(23-2)26(3)16-19-7-5-6-8-20(19)28-4;/h5-10,13,17H,11-12,14-16H2,1-4H3,(H,23,25);1H. The Kier molecular flexibility index (Phi) is 9.64. The first kappa shape index (κ1) is 24.2. The molecule has 0 spiro atoms. The Hall–Kier alpha value is -2.07. The van der Waals surface area contributed by atoms with Crippen LogP contribution < -0.4 is 15.0 Å². The van der Waals surface area contributed by atoms with E-state index in [1.807, 2.05) is 37.5 Å². The van der Waals surface area contributed by atoms with Gasteiger partial charge in [0.2, 0.25) is 0 Å². The van der Waals surface area contributed by atoms with Crippen LogP contribution in [0.1, 0.15) is 18.1 Å². The molecular formula is C22H32IN5O2. The van der Waals surface area contributed by atoms with Crippen molar-refractivity contribution in [1.82, 2.24) is 15.2 Å². The summed E-state index contributed by atoms with van der Waals surface area (Å²) >= 11 is 0. The summed E-state index contributed by atoms with van der Waals surface area (Å²) in [6.45, 7) is 5.96. The van der Waals surface area contributed by atoms with Crippen LogP contribution >= 0.6 is 24.0 Å². The van der Waals surface area contributed by atoms with Crippen LogP contribution in [0.25, 0.3) is 0 Å². The van der Waals surface area contributed by atoms with Gasteiger partial charge in [0, 0.05) is 52.0 Å². The molecule has 1 aliphatic rings. The number of hydrogen-bond acceptors (Lipinski definition) is 5. The second-order valence-electron chi connectivity index (χ2n) is 7.22. The van der Waals surface area contributed by atoms with Crippen LogP contribution in [0.4, 0.5) is 5.82 Å². The third-order valence-electron chi connectivity index (χ3n) is 5.00. The largest absolute Gasteiger partial charge is 0.496 e. The summed E-state index contributed by atoms with van der Waals surface area (Å²) in [5.74, 6) is 2.71. The molecule has 1 aromatic carbocycles. The van der Waals surface area contributed by atoms with Gasteiger partial charge in [0.05, 0.1) is 19.8 Å². The minimum absolute atomic E-state index is 0. The molecule has 1 N–H and O–H groups in total. The summed E-state index contributed by atoms with van der Waals surface area (Å²) in [4.78, 5) is 13.3. The lowest BCUT2D eigenvalue weighted by atomic mass is 10.2. The number of guanidine groups is 1. The second-order valence-corrected chi connectivity index (χ2v) is 7.22. The van der Waals surface area contributed by atoms with E-state index >= 15 is 0 Å². The summed E-state index contributed by atoms with van der Waals surface area (Å²) in [6, 6.07) is 12.2. The molecule has 0 amide bonds. The molecule has 2 aromatic rings. The van der Waals surface area contributed by atoms with E-state index in [2.05, 4.69) is 44.1 Å². The van der Waals surface area contributed by atoms with E-state index in [0.717, 1.165) is 42.8 Å². The molecule has 164 valence electrons. The molecule has 7 nitrogen and oxygen atoms in total. The Bertz CT molecular complexity index is 833. The van der Waals surface area contributed by atoms with Gasteiger partial charge in [0.15, 0.2) is 5.96 Å². The predicted molar refractivity (Wildman–Crippen MR) is 132 cm³/mol. The topological polar surface area (TPSA) is 62.2 Å². The van der Waals surface area contributed by atoms with Crippen molar-refractivity contribution >= 4 is 35.8 Å². The van der Waals surface area contributed by atoms with Crippen LogP contribution in [-0.4, -0.2) is 62.8 Å². The molecule has 0 radical (unpaired) electrons. The number of morpholine rings is 1. The maximum absolute atomic E-state index is 5.63. The first-order chi connectivity index (χ1) is 14.1. The van der Waals surface area contributed by atoms with Crippen LogP contribution in [0.5, 0.6) is 5.75 Å². The van der Waals surface area contributed by atoms with Crippen molar-refractivity contribution in [2.45, 2.75) is 26.1 Å². The number of rotatable bonds is 6. The number of methoxy groups -OCH3 is 1. The van der Waals surface area contributed by atoms with Crippen molar-refractivity contribution in [2.24, 2.45) is 4.99 Å². The molecule has 1 fully saturated rings. The first-order valence-corrected chi connectivity index (χ1v) is 9.96. The number of nitrogens with one attached hydrogen (secondary N) is 1. The molecule has 1 atom stereocenters. The van der Waals surface area contributed by atoms with Crippen LogP contribution in [0.15, 0.2) is 47.6 Å². The first-order valence-electron chi connectivity index (χ1n) is 9.96. The minimum Gasteiger partial charge on any atom is -0.496 e. The minimum atomic E-state index is 0. The Balaban J connectivity index is 0.00000320. The van der Waals surface area contributed by atoms with Crippen molar-refractivity contribution in [2.75, 3.05) is 45.8 Å². The Morgan fingerprint density at radius 2 is 2.17 bits per heavy atom. The molecule has 8 heteroatoms. The summed E-state index contributed by atoms with van der Waals surface area (Å²) < 4.78 is 11.1. The van der Waals surface area contributed by atoms with Gasteiger partial charge in [-0.05, 0) is 30.7 Å². The number of para-hydroxylation sites is 1. The summed E-state index contributed by atoms with van der Waals surface area (Å²) in [6.07, 6.45) is 2.10. The van der Waals surface area contributed by atoms with Crippen LogP contribution in [0.3, 0.4) is 0 Å². The highest BCUT2D eigenvalue weighted by Crippen LogP contribution is 2.19. The average molecular weight is 525 g/mol. The zero-order chi connectivity index (χ0) is 20.6. The number of hydrogen-bond donors (Lipinski definition) is 1. The monoisotopic (exact) mass is 525 g/mol. The molecule has 3 rings (SSSR count). The van der Waals surface area contributed by atoms with E-state index in [1.165, 1.54) is 5.56 Å². The zero-order valence-corrected chi connectivity index (χ0v) is 20.5. The molecule has 1 aliphatic heterocycles. The van der Waals surface area contributed by atoms with Crippen LogP contribution in [-0.2, 0) is 17.8 Å². The molecule has 1 unspecified atom stereocenters. The molecular weight excluding hydrogens is 493 g/mol. The number of aliphatic imine (C=N–C) groups is 1. The van der Waals surface area contributed by atoms with Gasteiger partial charge >= 0.3 is 0 Å². The van der Waals surface area contributed by atoms with Crippen molar-refractivity contribution in [3.63, 3.8) is 0 Å². The maximum Gasteiger partial charge on any atom is 0.193 e. The lowest BCUT2D eigenvalue weighted by Gasteiger charge is -2.32. The lowest BCUT2D eigenvalue weighted by Crippen LogP contribution is -2.41. The number of halogens is 1. The van der Waals surface area contributed by atoms with Crippen molar-refractivity contribution in [3.05, 3.63) is 53.7 Å². The molecule has 1 aromatic heterocycles. The van der Waals surface area contributed by atoms with E-state index in [-0.39, 0.29) is 30.1 Å². The van der Waals surface area contributed by atoms with Gasteiger partial charge in [0.1, 0.15) is 11.6 Å². The number of aromatic nitrogens is 1. The van der Waals surface area contributed by atoms with Crippen molar-refractivity contribution in [1.29, 1.82) is 0 Å². The SMILES string of the molecule is CN=C(NCc1ccnc(N2CCOC(C)C2)c1)N(C)Cc1ccccc1OC.I. The van der Waals surface area contributed by atoms with Gasteiger partial charge in [-0.15, -0.1) is 24.0 Å². The Morgan fingerprint density at radius 1 is 1.37 bits per heavy atom. The van der Waals surface area contributed by atoms with E-state index in [1.54, 1.807) is 14.2 Å².